The molecule has 0 aliphatic carbocycles. The average molecular weight is 296 g/mol. The van der Waals surface area contributed by atoms with Gasteiger partial charge in [0.2, 0.25) is 0 Å². The van der Waals surface area contributed by atoms with Gasteiger partial charge >= 0.3 is 5.97 Å². The van der Waals surface area contributed by atoms with Crippen LogP contribution in [0.1, 0.15) is 38.8 Å². The van der Waals surface area contributed by atoms with E-state index in [4.69, 9.17) is 4.74 Å². The van der Waals surface area contributed by atoms with Crippen molar-refractivity contribution in [2.24, 2.45) is 5.92 Å². The van der Waals surface area contributed by atoms with Crippen LogP contribution >= 0.6 is 0 Å². The molecule has 0 fully saturated rings. The zero-order valence-corrected chi connectivity index (χ0v) is 12.7. The van der Waals surface area contributed by atoms with Gasteiger partial charge < -0.3 is 4.74 Å². The summed E-state index contributed by atoms with van der Waals surface area (Å²) >= 11 is 0. The molecule has 0 radical (unpaired) electrons. The molecular weight excluding hydrogens is 276 g/mol. The minimum absolute atomic E-state index is 0.198. The zero-order chi connectivity index (χ0) is 16.2. The fraction of sp³-hybridized carbons (Fsp3) is 0.571. The molecule has 21 heavy (non-hydrogen) atoms. The van der Waals surface area contributed by atoms with Gasteiger partial charge in [-0.25, -0.2) is 4.79 Å². The van der Waals surface area contributed by atoms with E-state index in [1.807, 2.05) is 13.8 Å². The SMILES string of the molecule is Cc1cc(=O)n(C(C)C(=O)OCCC(C)C)cc1[N+](=O)[O-]. The van der Waals surface area contributed by atoms with Crippen LogP contribution in [0.2, 0.25) is 0 Å². The van der Waals surface area contributed by atoms with E-state index in [1.54, 1.807) is 0 Å². The maximum absolute atomic E-state index is 11.9. The minimum atomic E-state index is -0.899. The Labute approximate surface area is 122 Å². The summed E-state index contributed by atoms with van der Waals surface area (Å²) in [4.78, 5) is 34.1. The molecule has 7 heteroatoms. The van der Waals surface area contributed by atoms with E-state index in [9.17, 15) is 19.7 Å². The van der Waals surface area contributed by atoms with E-state index in [0.29, 0.717) is 5.92 Å². The molecule has 0 amide bonds. The summed E-state index contributed by atoms with van der Waals surface area (Å²) in [7, 11) is 0. The number of hydrogen-bond donors (Lipinski definition) is 0. The second-order valence-electron chi connectivity index (χ2n) is 5.37. The molecule has 0 spiro atoms. The first-order chi connectivity index (χ1) is 9.73. The first-order valence-corrected chi connectivity index (χ1v) is 6.77. The number of rotatable bonds is 6. The molecule has 1 aromatic rings. The van der Waals surface area contributed by atoms with E-state index in [2.05, 4.69) is 0 Å². The third-order valence-corrected chi connectivity index (χ3v) is 3.15. The predicted octanol–water partition coefficient (Wildman–Crippen LogP) is 2.22. The first-order valence-electron chi connectivity index (χ1n) is 6.77. The Bertz CT molecular complexity index is 592. The van der Waals surface area contributed by atoms with Gasteiger partial charge in [0.05, 0.1) is 17.7 Å². The van der Waals surface area contributed by atoms with Crippen molar-refractivity contribution in [3.63, 3.8) is 0 Å². The summed E-state index contributed by atoms with van der Waals surface area (Å²) in [5.74, 6) is -0.174. The molecule has 116 valence electrons. The number of aromatic nitrogens is 1. The van der Waals surface area contributed by atoms with Crippen LogP contribution in [0.4, 0.5) is 5.69 Å². The first kappa shape index (κ1) is 16.9. The minimum Gasteiger partial charge on any atom is -0.464 e. The number of carbonyl (C=O) groups excluding carboxylic acids is 1. The lowest BCUT2D eigenvalue weighted by atomic mass is 10.1. The van der Waals surface area contributed by atoms with Crippen molar-refractivity contribution in [3.8, 4) is 0 Å². The van der Waals surface area contributed by atoms with Crippen LogP contribution in [0, 0.1) is 23.0 Å². The van der Waals surface area contributed by atoms with Gasteiger partial charge in [-0.15, -0.1) is 0 Å². The summed E-state index contributed by atoms with van der Waals surface area (Å²) in [6, 6.07) is 0.250. The zero-order valence-electron chi connectivity index (χ0n) is 12.7. The lowest BCUT2D eigenvalue weighted by Crippen LogP contribution is -2.29. The van der Waals surface area contributed by atoms with Crippen molar-refractivity contribution < 1.29 is 14.5 Å². The number of nitrogens with zero attached hydrogens (tertiary/aromatic N) is 2. The van der Waals surface area contributed by atoms with Crippen molar-refractivity contribution >= 4 is 11.7 Å². The highest BCUT2D eigenvalue weighted by atomic mass is 16.6. The van der Waals surface area contributed by atoms with Crippen molar-refractivity contribution in [1.29, 1.82) is 0 Å². The maximum atomic E-state index is 11.9. The molecule has 1 rings (SSSR count). The number of pyridine rings is 1. The molecule has 0 N–H and O–H groups in total. The fourth-order valence-corrected chi connectivity index (χ4v) is 1.75. The van der Waals surface area contributed by atoms with Crippen LogP contribution in [-0.4, -0.2) is 22.1 Å². The predicted molar refractivity (Wildman–Crippen MR) is 77.2 cm³/mol. The van der Waals surface area contributed by atoms with E-state index >= 15 is 0 Å². The van der Waals surface area contributed by atoms with Gasteiger partial charge in [0.1, 0.15) is 6.04 Å². The van der Waals surface area contributed by atoms with Crippen LogP contribution in [0.5, 0.6) is 0 Å². The Morgan fingerprint density at radius 1 is 1.43 bits per heavy atom. The molecule has 0 aliphatic rings. The lowest BCUT2D eigenvalue weighted by Gasteiger charge is -2.15. The Kier molecular flexibility index (Phi) is 5.63. The van der Waals surface area contributed by atoms with Gasteiger partial charge in [-0.1, -0.05) is 13.8 Å². The van der Waals surface area contributed by atoms with E-state index in [-0.39, 0.29) is 17.9 Å². The summed E-state index contributed by atoms with van der Waals surface area (Å²) in [6.07, 6.45) is 1.81. The molecule has 0 saturated heterocycles. The van der Waals surface area contributed by atoms with Gasteiger partial charge in [-0.2, -0.15) is 0 Å². The maximum Gasteiger partial charge on any atom is 0.328 e. The second-order valence-corrected chi connectivity index (χ2v) is 5.37. The van der Waals surface area contributed by atoms with Crippen molar-refractivity contribution in [1.82, 2.24) is 4.57 Å². The van der Waals surface area contributed by atoms with Gasteiger partial charge in [-0.3, -0.25) is 19.5 Å². The fourth-order valence-electron chi connectivity index (χ4n) is 1.75. The van der Waals surface area contributed by atoms with Crippen molar-refractivity contribution in [2.45, 2.75) is 40.2 Å². The standard InChI is InChI=1S/C14H20N2O5/c1-9(2)5-6-21-14(18)11(4)15-8-12(16(19)20)10(3)7-13(15)17/h7-9,11H,5-6H2,1-4H3. The topological polar surface area (TPSA) is 91.4 Å². The third kappa shape index (κ3) is 4.40. The number of hydrogen-bond acceptors (Lipinski definition) is 5. The molecule has 0 aromatic carbocycles. The van der Waals surface area contributed by atoms with Crippen molar-refractivity contribution in [3.05, 3.63) is 38.3 Å². The molecule has 0 bridgehead atoms. The molecule has 1 atom stereocenters. The van der Waals surface area contributed by atoms with Crippen LogP contribution in [-0.2, 0) is 9.53 Å². The smallest absolute Gasteiger partial charge is 0.328 e. The summed E-state index contributed by atoms with van der Waals surface area (Å²) in [6.45, 7) is 7.24. The number of ether oxygens (including phenoxy) is 1. The lowest BCUT2D eigenvalue weighted by molar-refractivity contribution is -0.386. The molecule has 7 nitrogen and oxygen atoms in total. The van der Waals surface area contributed by atoms with Crippen LogP contribution in [0.15, 0.2) is 17.1 Å². The third-order valence-electron chi connectivity index (χ3n) is 3.15. The summed E-state index contributed by atoms with van der Waals surface area (Å²) < 4.78 is 6.12. The average Bonchev–Trinajstić information content (AvgIpc) is 2.37. The molecule has 0 saturated carbocycles. The Hall–Kier alpha value is -2.18. The number of carbonyl (C=O) groups is 1. The molecular formula is C14H20N2O5. The van der Waals surface area contributed by atoms with Gasteiger partial charge in [0.15, 0.2) is 0 Å². The van der Waals surface area contributed by atoms with Crippen LogP contribution in [0.3, 0.4) is 0 Å². The Morgan fingerprint density at radius 2 is 2.05 bits per heavy atom. The highest BCUT2D eigenvalue weighted by Gasteiger charge is 2.21. The summed E-state index contributed by atoms with van der Waals surface area (Å²) in [5.41, 5.74) is -0.399. The Balaban J connectivity index is 2.94. The van der Waals surface area contributed by atoms with Crippen LogP contribution < -0.4 is 5.56 Å². The van der Waals surface area contributed by atoms with Gasteiger partial charge in [0.25, 0.3) is 11.2 Å². The molecule has 1 aromatic heterocycles. The molecule has 0 aliphatic heterocycles. The van der Waals surface area contributed by atoms with E-state index < -0.39 is 22.5 Å². The van der Waals surface area contributed by atoms with E-state index in [0.717, 1.165) is 23.3 Å². The molecule has 1 unspecified atom stereocenters. The number of esters is 1. The highest BCUT2D eigenvalue weighted by molar-refractivity contribution is 5.73. The summed E-state index contributed by atoms with van der Waals surface area (Å²) in [5, 5.41) is 10.9. The van der Waals surface area contributed by atoms with E-state index in [1.165, 1.54) is 13.8 Å². The monoisotopic (exact) mass is 296 g/mol. The number of aryl methyl sites for hydroxylation is 1. The normalized spacial score (nSPS) is 12.2. The van der Waals surface area contributed by atoms with Crippen LogP contribution in [0.25, 0.3) is 0 Å². The highest BCUT2D eigenvalue weighted by Crippen LogP contribution is 2.17. The van der Waals surface area contributed by atoms with Gasteiger partial charge in [0, 0.05) is 11.6 Å². The largest absolute Gasteiger partial charge is 0.464 e. The second kappa shape index (κ2) is 7.01. The van der Waals surface area contributed by atoms with Gasteiger partial charge in [-0.05, 0) is 26.2 Å². The Morgan fingerprint density at radius 3 is 2.57 bits per heavy atom. The van der Waals surface area contributed by atoms with Crippen molar-refractivity contribution in [2.75, 3.05) is 6.61 Å². The number of nitro groups is 1. The quantitative estimate of drug-likeness (QED) is 0.456. The molecule has 1 heterocycles.